The Bertz CT molecular complexity index is 611. The molecule has 1 aromatic carbocycles. The van der Waals surface area contributed by atoms with Crippen LogP contribution in [0.5, 0.6) is 0 Å². The van der Waals surface area contributed by atoms with Crippen LogP contribution in [0.15, 0.2) is 29.2 Å². The van der Waals surface area contributed by atoms with Crippen molar-refractivity contribution in [3.05, 3.63) is 29.8 Å². The summed E-state index contributed by atoms with van der Waals surface area (Å²) in [5.74, 6) is -0.337. The van der Waals surface area contributed by atoms with E-state index in [1.54, 1.807) is 19.2 Å². The molecule has 0 aliphatic carbocycles. The number of amides is 1. The lowest BCUT2D eigenvalue weighted by Gasteiger charge is -2.16. The van der Waals surface area contributed by atoms with Crippen LogP contribution in [-0.2, 0) is 21.2 Å². The van der Waals surface area contributed by atoms with Crippen LogP contribution in [0.25, 0.3) is 0 Å². The summed E-state index contributed by atoms with van der Waals surface area (Å²) in [5.41, 5.74) is 1.16. The molecule has 0 aromatic heterocycles. The van der Waals surface area contributed by atoms with Crippen LogP contribution in [-0.4, -0.2) is 38.8 Å². The minimum Gasteiger partial charge on any atom is -0.359 e. The summed E-state index contributed by atoms with van der Waals surface area (Å²) in [5, 5.41) is 2.59. The summed E-state index contributed by atoms with van der Waals surface area (Å²) < 4.78 is 26.6. The Morgan fingerprint density at radius 1 is 1.32 bits per heavy atom. The van der Waals surface area contributed by atoms with E-state index >= 15 is 0 Å². The molecular formula is C16H24N2O3S. The minimum atomic E-state index is -3.50. The monoisotopic (exact) mass is 324 g/mol. The molecule has 2 rings (SSSR count). The van der Waals surface area contributed by atoms with E-state index in [0.717, 1.165) is 24.8 Å². The SMILES string of the molecule is CCCCc1ccc(S(=O)(=O)N2CCC(C(=O)NC)C2)cc1. The molecule has 1 aromatic rings. The van der Waals surface area contributed by atoms with Gasteiger partial charge in [0.1, 0.15) is 0 Å². The molecule has 0 radical (unpaired) electrons. The number of rotatable bonds is 6. The number of nitrogens with zero attached hydrogens (tertiary/aromatic N) is 1. The topological polar surface area (TPSA) is 66.5 Å². The second kappa shape index (κ2) is 7.24. The third kappa shape index (κ3) is 3.67. The van der Waals surface area contributed by atoms with Crippen molar-refractivity contribution < 1.29 is 13.2 Å². The van der Waals surface area contributed by atoms with Crippen molar-refractivity contribution in [3.63, 3.8) is 0 Å². The van der Waals surface area contributed by atoms with Gasteiger partial charge in [0, 0.05) is 20.1 Å². The van der Waals surface area contributed by atoms with Gasteiger partial charge in [-0.05, 0) is 37.0 Å². The highest BCUT2D eigenvalue weighted by molar-refractivity contribution is 7.89. The van der Waals surface area contributed by atoms with E-state index in [0.29, 0.717) is 17.9 Å². The predicted molar refractivity (Wildman–Crippen MR) is 86.0 cm³/mol. The van der Waals surface area contributed by atoms with Gasteiger partial charge in [0.15, 0.2) is 0 Å². The van der Waals surface area contributed by atoms with Crippen molar-refractivity contribution in [3.8, 4) is 0 Å². The number of nitrogens with one attached hydrogen (secondary N) is 1. The third-order valence-corrected chi connectivity index (χ3v) is 6.03. The Kier molecular flexibility index (Phi) is 5.58. The Balaban J connectivity index is 2.09. The van der Waals surface area contributed by atoms with Gasteiger partial charge in [0.25, 0.3) is 0 Å². The van der Waals surface area contributed by atoms with Gasteiger partial charge < -0.3 is 5.32 Å². The first kappa shape index (κ1) is 17.0. The normalized spacial score (nSPS) is 19.3. The molecule has 22 heavy (non-hydrogen) atoms. The summed E-state index contributed by atoms with van der Waals surface area (Å²) in [6.45, 7) is 2.80. The average molecular weight is 324 g/mol. The van der Waals surface area contributed by atoms with E-state index in [1.165, 1.54) is 4.31 Å². The standard InChI is InChI=1S/C16H24N2O3S/c1-3-4-5-13-6-8-15(9-7-13)22(20,21)18-11-10-14(12-18)16(19)17-2/h6-9,14H,3-5,10-12H2,1-2H3,(H,17,19). The summed E-state index contributed by atoms with van der Waals surface area (Å²) >= 11 is 0. The largest absolute Gasteiger partial charge is 0.359 e. The summed E-state index contributed by atoms with van der Waals surface area (Å²) in [6, 6.07) is 7.12. The molecular weight excluding hydrogens is 300 g/mol. The number of carbonyl (C=O) groups is 1. The first-order valence-corrected chi connectivity index (χ1v) is 9.23. The van der Waals surface area contributed by atoms with Crippen LogP contribution in [0.3, 0.4) is 0 Å². The second-order valence-corrected chi connectivity index (χ2v) is 7.65. The summed E-state index contributed by atoms with van der Waals surface area (Å²) in [7, 11) is -1.92. The molecule has 1 aliphatic rings. The first-order chi connectivity index (χ1) is 10.5. The molecule has 1 atom stereocenters. The molecule has 6 heteroatoms. The van der Waals surface area contributed by atoms with Gasteiger partial charge in [-0.2, -0.15) is 4.31 Å². The third-order valence-electron chi connectivity index (χ3n) is 4.15. The lowest BCUT2D eigenvalue weighted by atomic mass is 10.1. The fourth-order valence-corrected chi connectivity index (χ4v) is 4.22. The van der Waals surface area contributed by atoms with Crippen molar-refractivity contribution in [2.24, 2.45) is 5.92 Å². The molecule has 0 bridgehead atoms. The van der Waals surface area contributed by atoms with Crippen LogP contribution in [0.2, 0.25) is 0 Å². The molecule has 1 amide bonds. The van der Waals surface area contributed by atoms with Gasteiger partial charge in [-0.3, -0.25) is 4.79 Å². The molecule has 1 fully saturated rings. The molecule has 1 saturated heterocycles. The zero-order valence-electron chi connectivity index (χ0n) is 13.2. The molecule has 1 heterocycles. The maximum atomic E-state index is 12.6. The Labute approximate surface area is 132 Å². The quantitative estimate of drug-likeness (QED) is 0.867. The number of unbranched alkanes of at least 4 members (excludes halogenated alkanes) is 1. The second-order valence-electron chi connectivity index (χ2n) is 5.71. The summed E-state index contributed by atoms with van der Waals surface area (Å²) in [4.78, 5) is 11.9. The number of aryl methyl sites for hydroxylation is 1. The average Bonchev–Trinajstić information content (AvgIpc) is 3.03. The molecule has 0 spiro atoms. The molecule has 1 aliphatic heterocycles. The first-order valence-electron chi connectivity index (χ1n) is 7.79. The van der Waals surface area contributed by atoms with Crippen molar-refractivity contribution in [1.82, 2.24) is 9.62 Å². The number of benzene rings is 1. The van der Waals surface area contributed by atoms with Gasteiger partial charge in [0.05, 0.1) is 10.8 Å². The molecule has 1 unspecified atom stereocenters. The van der Waals surface area contributed by atoms with Crippen molar-refractivity contribution in [2.45, 2.75) is 37.5 Å². The van der Waals surface area contributed by atoms with E-state index in [9.17, 15) is 13.2 Å². The molecule has 1 N–H and O–H groups in total. The number of hydrogen-bond donors (Lipinski definition) is 1. The Morgan fingerprint density at radius 2 is 2.00 bits per heavy atom. The van der Waals surface area contributed by atoms with Crippen molar-refractivity contribution in [2.75, 3.05) is 20.1 Å². The number of carbonyl (C=O) groups excluding carboxylic acids is 1. The zero-order valence-corrected chi connectivity index (χ0v) is 14.0. The highest BCUT2D eigenvalue weighted by Crippen LogP contribution is 2.24. The van der Waals surface area contributed by atoms with Crippen LogP contribution in [0.4, 0.5) is 0 Å². The number of hydrogen-bond acceptors (Lipinski definition) is 3. The van der Waals surface area contributed by atoms with Crippen molar-refractivity contribution in [1.29, 1.82) is 0 Å². The van der Waals surface area contributed by atoms with Gasteiger partial charge in [0.2, 0.25) is 15.9 Å². The predicted octanol–water partition coefficient (Wildman–Crippen LogP) is 1.79. The van der Waals surface area contributed by atoms with Gasteiger partial charge in [-0.25, -0.2) is 8.42 Å². The Hall–Kier alpha value is -1.40. The van der Waals surface area contributed by atoms with E-state index in [-0.39, 0.29) is 18.4 Å². The van der Waals surface area contributed by atoms with Crippen LogP contribution in [0.1, 0.15) is 31.7 Å². The van der Waals surface area contributed by atoms with Crippen LogP contribution in [0, 0.1) is 5.92 Å². The van der Waals surface area contributed by atoms with E-state index in [2.05, 4.69) is 12.2 Å². The molecule has 0 saturated carbocycles. The van der Waals surface area contributed by atoms with E-state index in [1.807, 2.05) is 12.1 Å². The fraction of sp³-hybridized carbons (Fsp3) is 0.562. The highest BCUT2D eigenvalue weighted by atomic mass is 32.2. The smallest absolute Gasteiger partial charge is 0.243 e. The lowest BCUT2D eigenvalue weighted by Crippen LogP contribution is -2.33. The molecule has 5 nitrogen and oxygen atoms in total. The lowest BCUT2D eigenvalue weighted by molar-refractivity contribution is -0.123. The minimum absolute atomic E-state index is 0.0902. The zero-order chi connectivity index (χ0) is 16.2. The van der Waals surface area contributed by atoms with Gasteiger partial charge in [-0.1, -0.05) is 25.5 Å². The van der Waals surface area contributed by atoms with Gasteiger partial charge >= 0.3 is 0 Å². The van der Waals surface area contributed by atoms with E-state index in [4.69, 9.17) is 0 Å². The highest BCUT2D eigenvalue weighted by Gasteiger charge is 2.35. The fourth-order valence-electron chi connectivity index (χ4n) is 2.72. The van der Waals surface area contributed by atoms with Crippen LogP contribution < -0.4 is 5.32 Å². The maximum absolute atomic E-state index is 12.6. The van der Waals surface area contributed by atoms with Crippen molar-refractivity contribution >= 4 is 15.9 Å². The molecule has 122 valence electrons. The summed E-state index contributed by atoms with van der Waals surface area (Å²) in [6.07, 6.45) is 3.77. The van der Waals surface area contributed by atoms with Crippen LogP contribution >= 0.6 is 0 Å². The van der Waals surface area contributed by atoms with Gasteiger partial charge in [-0.15, -0.1) is 0 Å². The maximum Gasteiger partial charge on any atom is 0.243 e. The van der Waals surface area contributed by atoms with E-state index < -0.39 is 10.0 Å². The number of sulfonamides is 1. The Morgan fingerprint density at radius 3 is 2.59 bits per heavy atom.